The lowest BCUT2D eigenvalue weighted by Crippen LogP contribution is -2.11. The van der Waals surface area contributed by atoms with Gasteiger partial charge in [-0.05, 0) is 93.5 Å². The van der Waals surface area contributed by atoms with Crippen molar-refractivity contribution in [2.24, 2.45) is 0 Å². The van der Waals surface area contributed by atoms with Crippen LogP contribution in [0.2, 0.25) is 0 Å². The number of hydrogen-bond acceptors (Lipinski definition) is 3. The maximum absolute atomic E-state index is 6.64. The van der Waals surface area contributed by atoms with Crippen LogP contribution in [0.15, 0.2) is 192 Å². The van der Waals surface area contributed by atoms with Crippen LogP contribution in [0.3, 0.4) is 0 Å². The number of para-hydroxylation sites is 1. The van der Waals surface area contributed by atoms with Gasteiger partial charge in [0.15, 0.2) is 0 Å². The second kappa shape index (κ2) is 11.9. The molecule has 53 heavy (non-hydrogen) atoms. The van der Waals surface area contributed by atoms with E-state index in [0.29, 0.717) is 0 Å². The van der Waals surface area contributed by atoms with E-state index in [-0.39, 0.29) is 0 Å². The predicted molar refractivity (Wildman–Crippen MR) is 227 cm³/mol. The number of anilines is 3. The Kier molecular flexibility index (Phi) is 6.76. The number of fused-ring (bicyclic) bond motifs is 10. The van der Waals surface area contributed by atoms with Gasteiger partial charge in [0.2, 0.25) is 0 Å². The van der Waals surface area contributed by atoms with Gasteiger partial charge < -0.3 is 9.32 Å². The second-order valence-electron chi connectivity index (χ2n) is 13.7. The summed E-state index contributed by atoms with van der Waals surface area (Å²) in [6, 6.07) is 68.0. The molecule has 0 saturated carbocycles. The topological polar surface area (TPSA) is 16.4 Å². The summed E-state index contributed by atoms with van der Waals surface area (Å²) in [5, 5.41) is 9.66. The first kappa shape index (κ1) is 30.0. The maximum atomic E-state index is 6.64. The summed E-state index contributed by atoms with van der Waals surface area (Å²) in [5.41, 5.74) is 9.96. The molecule has 2 nitrogen and oxygen atoms in total. The van der Waals surface area contributed by atoms with Gasteiger partial charge in [0.1, 0.15) is 11.2 Å². The Balaban J connectivity index is 1.13. The molecular weight excluding hydrogens is 663 g/mol. The van der Waals surface area contributed by atoms with E-state index in [4.69, 9.17) is 4.42 Å². The zero-order valence-electron chi connectivity index (χ0n) is 28.7. The molecule has 3 heteroatoms. The molecule has 0 N–H and O–H groups in total. The zero-order valence-corrected chi connectivity index (χ0v) is 29.5. The molecule has 0 spiro atoms. The highest BCUT2D eigenvalue weighted by Gasteiger charge is 2.21. The first-order valence-electron chi connectivity index (χ1n) is 18.0. The minimum atomic E-state index is 0.921. The fourth-order valence-corrected chi connectivity index (χ4v) is 9.21. The molecule has 0 bridgehead atoms. The number of nitrogens with zero attached hydrogens (tertiary/aromatic N) is 1. The Morgan fingerprint density at radius 1 is 0.396 bits per heavy atom. The molecule has 0 aliphatic carbocycles. The number of benzene rings is 9. The molecule has 0 amide bonds. The molecule has 0 saturated heterocycles. The summed E-state index contributed by atoms with van der Waals surface area (Å²) in [6.45, 7) is 0. The van der Waals surface area contributed by atoms with Crippen LogP contribution < -0.4 is 4.90 Å². The highest BCUT2D eigenvalue weighted by atomic mass is 32.1. The van der Waals surface area contributed by atoms with Gasteiger partial charge in [-0.1, -0.05) is 127 Å². The molecule has 0 unspecified atom stereocenters. The monoisotopic (exact) mass is 693 g/mol. The van der Waals surface area contributed by atoms with Crippen LogP contribution in [-0.4, -0.2) is 0 Å². The molecule has 0 radical (unpaired) electrons. The number of thiophene rings is 1. The number of furan rings is 1. The maximum Gasteiger partial charge on any atom is 0.143 e. The Bertz CT molecular complexity index is 3170. The normalized spacial score (nSPS) is 11.8. The SMILES string of the molecule is c1ccc(-c2ccccc2N(c2ccc(-c3ccc4ccccc4c3)cc2)c2ccc3sc4ccc5oc6c7ccccc7ccc6c5c4c3c2)cc1. The van der Waals surface area contributed by atoms with Gasteiger partial charge >= 0.3 is 0 Å². The van der Waals surface area contributed by atoms with E-state index in [0.717, 1.165) is 39.0 Å². The number of hydrogen-bond donors (Lipinski definition) is 0. The van der Waals surface area contributed by atoms with Crippen molar-refractivity contribution in [2.75, 3.05) is 4.90 Å². The third kappa shape index (κ3) is 4.86. The third-order valence-electron chi connectivity index (χ3n) is 10.6. The lowest BCUT2D eigenvalue weighted by molar-refractivity contribution is 0.673. The van der Waals surface area contributed by atoms with E-state index in [1.807, 2.05) is 11.3 Å². The van der Waals surface area contributed by atoms with E-state index in [9.17, 15) is 0 Å². The highest BCUT2D eigenvalue weighted by Crippen LogP contribution is 2.47. The van der Waals surface area contributed by atoms with Gasteiger partial charge in [-0.2, -0.15) is 0 Å². The Morgan fingerprint density at radius 3 is 1.98 bits per heavy atom. The van der Waals surface area contributed by atoms with Crippen LogP contribution in [0.1, 0.15) is 0 Å². The van der Waals surface area contributed by atoms with Gasteiger partial charge in [0, 0.05) is 53.3 Å². The standard InChI is InChI=1S/C50H31NOS/c1-2-11-34(12-3-1)40-15-8-9-17-44(40)51(38-23-20-33(21-24-38)37-19-18-32-10-4-5-14-36(32)30-37)39-25-28-46-43(31-39)49-47(53-46)29-27-45-48(49)42-26-22-35-13-6-7-16-41(35)50(42)52-45/h1-31H. The Labute approximate surface area is 310 Å². The molecule has 11 aromatic rings. The molecule has 0 fully saturated rings. The summed E-state index contributed by atoms with van der Waals surface area (Å²) in [6.07, 6.45) is 0. The van der Waals surface area contributed by atoms with Crippen LogP contribution in [0.4, 0.5) is 17.1 Å². The molecule has 0 aliphatic rings. The molecule has 0 atom stereocenters. The fraction of sp³-hybridized carbons (Fsp3) is 0. The molecule has 11 rings (SSSR count). The molecule has 9 aromatic carbocycles. The first-order valence-corrected chi connectivity index (χ1v) is 18.8. The van der Waals surface area contributed by atoms with E-state index >= 15 is 0 Å². The van der Waals surface area contributed by atoms with Crippen molar-refractivity contribution >= 4 is 92.1 Å². The van der Waals surface area contributed by atoms with E-state index in [2.05, 4.69) is 193 Å². The van der Waals surface area contributed by atoms with Crippen molar-refractivity contribution in [1.29, 1.82) is 0 Å². The molecular formula is C50H31NOS. The molecule has 2 heterocycles. The van der Waals surface area contributed by atoms with Crippen LogP contribution in [0.5, 0.6) is 0 Å². The van der Waals surface area contributed by atoms with Crippen molar-refractivity contribution in [2.45, 2.75) is 0 Å². The van der Waals surface area contributed by atoms with Gasteiger partial charge in [-0.3, -0.25) is 0 Å². The highest BCUT2D eigenvalue weighted by molar-refractivity contribution is 7.26. The third-order valence-corrected chi connectivity index (χ3v) is 11.8. The van der Waals surface area contributed by atoms with Gasteiger partial charge in [-0.15, -0.1) is 11.3 Å². The van der Waals surface area contributed by atoms with Crippen molar-refractivity contribution in [3.63, 3.8) is 0 Å². The summed E-state index contributed by atoms with van der Waals surface area (Å²) in [7, 11) is 0. The van der Waals surface area contributed by atoms with Gasteiger partial charge in [0.25, 0.3) is 0 Å². The van der Waals surface area contributed by atoms with E-state index in [1.54, 1.807) is 0 Å². The van der Waals surface area contributed by atoms with Gasteiger partial charge in [-0.25, -0.2) is 0 Å². The lowest BCUT2D eigenvalue weighted by atomic mass is 9.99. The predicted octanol–water partition coefficient (Wildman–Crippen LogP) is 15.1. The first-order chi connectivity index (χ1) is 26.3. The minimum Gasteiger partial charge on any atom is -0.455 e. The number of rotatable bonds is 5. The summed E-state index contributed by atoms with van der Waals surface area (Å²) in [4.78, 5) is 2.41. The zero-order chi connectivity index (χ0) is 34.9. The Hall–Kier alpha value is -6.68. The average Bonchev–Trinajstić information content (AvgIpc) is 3.80. The van der Waals surface area contributed by atoms with Crippen LogP contribution in [0, 0.1) is 0 Å². The van der Waals surface area contributed by atoms with Gasteiger partial charge in [0.05, 0.1) is 5.69 Å². The smallest absolute Gasteiger partial charge is 0.143 e. The summed E-state index contributed by atoms with van der Waals surface area (Å²) >= 11 is 1.84. The lowest BCUT2D eigenvalue weighted by Gasteiger charge is -2.28. The van der Waals surface area contributed by atoms with E-state index < -0.39 is 0 Å². The fourth-order valence-electron chi connectivity index (χ4n) is 8.12. The van der Waals surface area contributed by atoms with Crippen molar-refractivity contribution in [1.82, 2.24) is 0 Å². The van der Waals surface area contributed by atoms with Crippen LogP contribution in [0.25, 0.3) is 85.9 Å². The summed E-state index contributed by atoms with van der Waals surface area (Å²) < 4.78 is 9.16. The minimum absolute atomic E-state index is 0.921. The second-order valence-corrected chi connectivity index (χ2v) is 14.8. The quantitative estimate of drug-likeness (QED) is 0.178. The van der Waals surface area contributed by atoms with Crippen molar-refractivity contribution in [3.8, 4) is 22.3 Å². The molecule has 0 aliphatic heterocycles. The summed E-state index contributed by atoms with van der Waals surface area (Å²) in [5.74, 6) is 0. The van der Waals surface area contributed by atoms with Crippen molar-refractivity contribution in [3.05, 3.63) is 188 Å². The van der Waals surface area contributed by atoms with Crippen LogP contribution in [-0.2, 0) is 0 Å². The van der Waals surface area contributed by atoms with Crippen molar-refractivity contribution < 1.29 is 4.42 Å². The largest absolute Gasteiger partial charge is 0.455 e. The molecule has 2 aromatic heterocycles. The molecule has 248 valence electrons. The average molecular weight is 694 g/mol. The van der Waals surface area contributed by atoms with Crippen LogP contribution >= 0.6 is 11.3 Å². The Morgan fingerprint density at radius 2 is 1.09 bits per heavy atom. The van der Waals surface area contributed by atoms with E-state index in [1.165, 1.54) is 64.0 Å².